The molecular weight excluding hydrogens is 278 g/mol. The third kappa shape index (κ3) is 4.09. The van der Waals surface area contributed by atoms with Crippen molar-refractivity contribution in [1.29, 1.82) is 0 Å². The molecule has 0 saturated carbocycles. The molecule has 0 aliphatic carbocycles. The van der Waals surface area contributed by atoms with Crippen LogP contribution in [0.2, 0.25) is 0 Å². The van der Waals surface area contributed by atoms with E-state index in [1.165, 1.54) is 6.92 Å². The van der Waals surface area contributed by atoms with Crippen molar-refractivity contribution in [3.05, 3.63) is 53.6 Å². The van der Waals surface area contributed by atoms with E-state index in [-0.39, 0.29) is 11.9 Å². The van der Waals surface area contributed by atoms with Gasteiger partial charge in [-0.1, -0.05) is 18.2 Å². The van der Waals surface area contributed by atoms with Gasteiger partial charge in [-0.05, 0) is 49.2 Å². The zero-order valence-electron chi connectivity index (χ0n) is 12.9. The Morgan fingerprint density at radius 2 is 1.27 bits per heavy atom. The highest BCUT2D eigenvalue weighted by molar-refractivity contribution is 6.01. The average molecular weight is 297 g/mol. The van der Waals surface area contributed by atoms with Crippen molar-refractivity contribution >= 4 is 29.0 Å². The maximum absolute atomic E-state index is 12.1. The Morgan fingerprint density at radius 3 is 1.77 bits per heavy atom. The van der Waals surface area contributed by atoms with Crippen LogP contribution in [0.3, 0.4) is 0 Å². The van der Waals surface area contributed by atoms with Gasteiger partial charge in [-0.2, -0.15) is 0 Å². The normalized spacial score (nSPS) is 9.95. The van der Waals surface area contributed by atoms with Crippen LogP contribution in [0.5, 0.6) is 0 Å². The minimum Gasteiger partial charge on any atom is -0.326 e. The number of carbonyl (C=O) groups excluding carboxylic acids is 2. The van der Waals surface area contributed by atoms with Crippen molar-refractivity contribution in [3.8, 4) is 0 Å². The first-order valence-corrected chi connectivity index (χ1v) is 6.97. The van der Waals surface area contributed by atoms with E-state index in [1.807, 2.05) is 32.0 Å². The number of hydrogen-bond acceptors (Lipinski definition) is 2. The zero-order valence-corrected chi connectivity index (χ0v) is 12.9. The number of anilines is 3. The fraction of sp³-hybridized carbons (Fsp3) is 0.176. The highest BCUT2D eigenvalue weighted by Crippen LogP contribution is 2.20. The molecule has 0 bridgehead atoms. The Kier molecular flexibility index (Phi) is 4.78. The zero-order chi connectivity index (χ0) is 16.1. The van der Waals surface area contributed by atoms with E-state index < -0.39 is 0 Å². The summed E-state index contributed by atoms with van der Waals surface area (Å²) in [6, 6.07) is 12.5. The van der Waals surface area contributed by atoms with Crippen LogP contribution in [0.1, 0.15) is 18.1 Å². The molecular formula is C17H19N3O2. The molecule has 0 aromatic heterocycles. The van der Waals surface area contributed by atoms with Crippen LogP contribution in [0.4, 0.5) is 21.9 Å². The summed E-state index contributed by atoms with van der Waals surface area (Å²) >= 11 is 0. The predicted molar refractivity (Wildman–Crippen MR) is 89.3 cm³/mol. The molecule has 2 aromatic rings. The lowest BCUT2D eigenvalue weighted by Crippen LogP contribution is -2.20. The van der Waals surface area contributed by atoms with Gasteiger partial charge in [0.25, 0.3) is 0 Å². The number of nitrogens with one attached hydrogen (secondary N) is 3. The predicted octanol–water partition coefficient (Wildman–Crippen LogP) is 3.91. The van der Waals surface area contributed by atoms with Gasteiger partial charge in [-0.25, -0.2) is 4.79 Å². The van der Waals surface area contributed by atoms with Gasteiger partial charge in [-0.3, -0.25) is 4.79 Å². The van der Waals surface area contributed by atoms with Crippen molar-refractivity contribution in [3.63, 3.8) is 0 Å². The molecule has 3 N–H and O–H groups in total. The average Bonchev–Trinajstić information content (AvgIpc) is 2.45. The molecule has 0 atom stereocenters. The number of carbonyl (C=O) groups is 2. The van der Waals surface area contributed by atoms with Gasteiger partial charge in [0.05, 0.1) is 0 Å². The van der Waals surface area contributed by atoms with E-state index in [0.717, 1.165) is 16.8 Å². The second-order valence-electron chi connectivity index (χ2n) is 5.10. The maximum atomic E-state index is 12.1. The number of para-hydroxylation sites is 1. The van der Waals surface area contributed by atoms with Gasteiger partial charge in [0.1, 0.15) is 0 Å². The molecule has 0 heterocycles. The Morgan fingerprint density at radius 1 is 0.773 bits per heavy atom. The number of benzene rings is 2. The second kappa shape index (κ2) is 6.76. The molecule has 0 fully saturated rings. The molecule has 0 unspecified atom stereocenters. The fourth-order valence-corrected chi connectivity index (χ4v) is 2.13. The third-order valence-corrected chi connectivity index (χ3v) is 3.18. The first kappa shape index (κ1) is 15.6. The molecule has 0 radical (unpaired) electrons. The second-order valence-corrected chi connectivity index (χ2v) is 5.10. The van der Waals surface area contributed by atoms with E-state index in [0.29, 0.717) is 11.4 Å². The van der Waals surface area contributed by atoms with Crippen LogP contribution in [0.25, 0.3) is 0 Å². The molecule has 114 valence electrons. The Bertz CT molecular complexity index is 673. The minimum absolute atomic E-state index is 0.131. The molecule has 2 aromatic carbocycles. The first-order valence-electron chi connectivity index (χ1n) is 6.97. The van der Waals surface area contributed by atoms with Crippen LogP contribution in [-0.2, 0) is 4.79 Å². The molecule has 22 heavy (non-hydrogen) atoms. The smallest absolute Gasteiger partial charge is 0.323 e. The first-order chi connectivity index (χ1) is 10.5. The maximum Gasteiger partial charge on any atom is 0.323 e. The lowest BCUT2D eigenvalue weighted by Gasteiger charge is -2.12. The third-order valence-electron chi connectivity index (χ3n) is 3.18. The summed E-state index contributed by atoms with van der Waals surface area (Å²) in [5.41, 5.74) is 4.17. The highest BCUT2D eigenvalue weighted by atomic mass is 16.2. The summed E-state index contributed by atoms with van der Waals surface area (Å²) in [6.07, 6.45) is 0. The number of hydrogen-bond donors (Lipinski definition) is 3. The summed E-state index contributed by atoms with van der Waals surface area (Å²) < 4.78 is 0. The van der Waals surface area contributed by atoms with E-state index in [2.05, 4.69) is 16.0 Å². The molecule has 0 saturated heterocycles. The van der Waals surface area contributed by atoms with Crippen molar-refractivity contribution < 1.29 is 9.59 Å². The summed E-state index contributed by atoms with van der Waals surface area (Å²) in [4.78, 5) is 23.0. The number of aryl methyl sites for hydroxylation is 2. The van der Waals surface area contributed by atoms with E-state index >= 15 is 0 Å². The van der Waals surface area contributed by atoms with Crippen LogP contribution in [0.15, 0.2) is 42.5 Å². The Hall–Kier alpha value is -2.82. The number of amides is 3. The van der Waals surface area contributed by atoms with Gasteiger partial charge < -0.3 is 16.0 Å². The molecule has 0 spiro atoms. The van der Waals surface area contributed by atoms with Gasteiger partial charge in [0, 0.05) is 24.0 Å². The van der Waals surface area contributed by atoms with E-state index in [4.69, 9.17) is 0 Å². The standard InChI is InChI=1S/C17H19N3O2/c1-11-5-4-6-12(2)16(11)20-17(22)19-15-9-7-14(8-10-15)18-13(3)21/h4-10H,1-3H3,(H,18,21)(H2,19,20,22). The van der Waals surface area contributed by atoms with Gasteiger partial charge in [0.2, 0.25) is 5.91 Å². The van der Waals surface area contributed by atoms with Gasteiger partial charge >= 0.3 is 6.03 Å². The van der Waals surface area contributed by atoms with Gasteiger partial charge in [-0.15, -0.1) is 0 Å². The molecule has 2 rings (SSSR count). The van der Waals surface area contributed by atoms with Crippen LogP contribution >= 0.6 is 0 Å². The fourth-order valence-electron chi connectivity index (χ4n) is 2.13. The van der Waals surface area contributed by atoms with Crippen molar-refractivity contribution in [1.82, 2.24) is 0 Å². The lowest BCUT2D eigenvalue weighted by atomic mass is 10.1. The number of rotatable bonds is 3. The highest BCUT2D eigenvalue weighted by Gasteiger charge is 2.07. The Labute approximate surface area is 129 Å². The van der Waals surface area contributed by atoms with Crippen molar-refractivity contribution in [2.24, 2.45) is 0 Å². The SMILES string of the molecule is CC(=O)Nc1ccc(NC(=O)Nc2c(C)cccc2C)cc1. The molecule has 3 amide bonds. The summed E-state index contributed by atoms with van der Waals surface area (Å²) in [6.45, 7) is 5.35. The monoisotopic (exact) mass is 297 g/mol. The lowest BCUT2D eigenvalue weighted by molar-refractivity contribution is -0.114. The largest absolute Gasteiger partial charge is 0.326 e. The summed E-state index contributed by atoms with van der Waals surface area (Å²) in [5, 5.41) is 8.29. The molecule has 5 nitrogen and oxygen atoms in total. The van der Waals surface area contributed by atoms with Crippen LogP contribution < -0.4 is 16.0 Å². The van der Waals surface area contributed by atoms with Gasteiger partial charge in [0.15, 0.2) is 0 Å². The molecule has 5 heteroatoms. The quantitative estimate of drug-likeness (QED) is 0.804. The topological polar surface area (TPSA) is 70.2 Å². The summed E-state index contributed by atoms with van der Waals surface area (Å²) in [7, 11) is 0. The van der Waals surface area contributed by atoms with E-state index in [9.17, 15) is 9.59 Å². The van der Waals surface area contributed by atoms with Crippen LogP contribution in [-0.4, -0.2) is 11.9 Å². The minimum atomic E-state index is -0.301. The van der Waals surface area contributed by atoms with Crippen LogP contribution in [0, 0.1) is 13.8 Å². The Balaban J connectivity index is 2.01. The van der Waals surface area contributed by atoms with Crippen molar-refractivity contribution in [2.75, 3.05) is 16.0 Å². The molecule has 0 aliphatic heterocycles. The van der Waals surface area contributed by atoms with Crippen molar-refractivity contribution in [2.45, 2.75) is 20.8 Å². The number of urea groups is 1. The van der Waals surface area contributed by atoms with E-state index in [1.54, 1.807) is 24.3 Å². The summed E-state index contributed by atoms with van der Waals surface area (Å²) in [5.74, 6) is -0.131. The molecule has 0 aliphatic rings.